The summed E-state index contributed by atoms with van der Waals surface area (Å²) in [7, 11) is 0. The maximum atomic E-state index is 12.7. The Morgan fingerprint density at radius 1 is 1.07 bits per heavy atom. The van der Waals surface area contributed by atoms with E-state index in [4.69, 9.17) is 13.9 Å². The maximum absolute atomic E-state index is 12.7. The molecule has 1 aliphatic heterocycles. The molecule has 3 aromatic rings. The molecule has 0 radical (unpaired) electrons. The van der Waals surface area contributed by atoms with Crippen molar-refractivity contribution in [2.24, 2.45) is 0 Å². The van der Waals surface area contributed by atoms with Crippen LogP contribution in [0.2, 0.25) is 0 Å². The molecule has 2 aromatic carbocycles. The summed E-state index contributed by atoms with van der Waals surface area (Å²) in [5, 5.41) is 4.10. The Kier molecular flexibility index (Phi) is 4.30. The molecule has 5 nitrogen and oxygen atoms in total. The van der Waals surface area contributed by atoms with Crippen LogP contribution in [0.4, 0.5) is 0 Å². The van der Waals surface area contributed by atoms with Crippen LogP contribution in [-0.2, 0) is 16.8 Å². The highest BCUT2D eigenvalue weighted by Gasteiger charge is 2.25. The summed E-state index contributed by atoms with van der Waals surface area (Å²) >= 11 is 0. The second-order valence-corrected chi connectivity index (χ2v) is 7.47. The van der Waals surface area contributed by atoms with Gasteiger partial charge in [0.1, 0.15) is 18.8 Å². The molecule has 140 valence electrons. The predicted molar refractivity (Wildman–Crippen MR) is 103 cm³/mol. The molecule has 0 saturated heterocycles. The van der Waals surface area contributed by atoms with Gasteiger partial charge in [0.15, 0.2) is 11.5 Å². The Bertz CT molecular complexity index is 1000. The van der Waals surface area contributed by atoms with E-state index in [1.54, 1.807) is 6.26 Å². The largest absolute Gasteiger partial charge is 0.486 e. The molecule has 0 aliphatic carbocycles. The number of fused-ring (bicyclic) bond motifs is 2. The highest BCUT2D eigenvalue weighted by atomic mass is 16.6. The van der Waals surface area contributed by atoms with Gasteiger partial charge < -0.3 is 19.2 Å². The predicted octanol–water partition coefficient (Wildman–Crippen LogP) is 4.11. The summed E-state index contributed by atoms with van der Waals surface area (Å²) in [4.78, 5) is 12.7. The number of amides is 1. The van der Waals surface area contributed by atoms with Crippen LogP contribution in [0, 0.1) is 6.92 Å². The fraction of sp³-hybridized carbons (Fsp3) is 0.318. The highest BCUT2D eigenvalue weighted by Crippen LogP contribution is 2.34. The second kappa shape index (κ2) is 6.65. The number of ether oxygens (including phenoxy) is 2. The second-order valence-electron chi connectivity index (χ2n) is 7.47. The average Bonchev–Trinajstić information content (AvgIpc) is 3.02. The van der Waals surface area contributed by atoms with E-state index in [0.717, 1.165) is 39.2 Å². The molecule has 27 heavy (non-hydrogen) atoms. The van der Waals surface area contributed by atoms with Crippen molar-refractivity contribution in [2.75, 3.05) is 13.2 Å². The summed E-state index contributed by atoms with van der Waals surface area (Å²) in [6, 6.07) is 11.8. The van der Waals surface area contributed by atoms with Crippen LogP contribution in [0.15, 0.2) is 47.1 Å². The summed E-state index contributed by atoms with van der Waals surface area (Å²) in [5.74, 6) is 1.41. The molecule has 1 N–H and O–H groups in total. The SMILES string of the molecule is Cc1ccc2c(CC(=O)NC(C)(C)c3ccc4c(c3)OCCO4)coc2c1. The normalized spacial score (nSPS) is 13.6. The zero-order valence-electron chi connectivity index (χ0n) is 15.8. The summed E-state index contributed by atoms with van der Waals surface area (Å²) in [6.07, 6.45) is 1.94. The van der Waals surface area contributed by atoms with Crippen LogP contribution < -0.4 is 14.8 Å². The molecule has 1 amide bonds. The third-order valence-corrected chi connectivity index (χ3v) is 4.88. The van der Waals surface area contributed by atoms with Gasteiger partial charge in [-0.25, -0.2) is 0 Å². The van der Waals surface area contributed by atoms with Gasteiger partial charge in [-0.1, -0.05) is 18.2 Å². The number of hydrogen-bond acceptors (Lipinski definition) is 4. The van der Waals surface area contributed by atoms with Gasteiger partial charge in [-0.3, -0.25) is 4.79 Å². The fourth-order valence-electron chi connectivity index (χ4n) is 3.40. The lowest BCUT2D eigenvalue weighted by Crippen LogP contribution is -2.41. The molecule has 0 atom stereocenters. The van der Waals surface area contributed by atoms with Gasteiger partial charge in [0.2, 0.25) is 5.91 Å². The molecular weight excluding hydrogens is 342 g/mol. The van der Waals surface area contributed by atoms with Gasteiger partial charge >= 0.3 is 0 Å². The van der Waals surface area contributed by atoms with Crippen molar-refractivity contribution < 1.29 is 18.7 Å². The van der Waals surface area contributed by atoms with E-state index < -0.39 is 5.54 Å². The lowest BCUT2D eigenvalue weighted by Gasteiger charge is -2.28. The monoisotopic (exact) mass is 365 g/mol. The first-order valence-corrected chi connectivity index (χ1v) is 9.10. The standard InChI is InChI=1S/C22H23NO4/c1-14-4-6-17-15(13-27-19(17)10-14)11-21(24)23-22(2,3)16-5-7-18-20(12-16)26-9-8-25-18/h4-7,10,12-13H,8-9,11H2,1-3H3,(H,23,24). The molecule has 4 rings (SSSR count). The van der Waals surface area contributed by atoms with E-state index in [9.17, 15) is 4.79 Å². The number of carbonyl (C=O) groups is 1. The molecule has 0 unspecified atom stereocenters. The minimum Gasteiger partial charge on any atom is -0.486 e. The van der Waals surface area contributed by atoms with Gasteiger partial charge in [-0.15, -0.1) is 0 Å². The molecule has 1 aromatic heterocycles. The van der Waals surface area contributed by atoms with Crippen molar-refractivity contribution in [1.29, 1.82) is 0 Å². The smallest absolute Gasteiger partial charge is 0.225 e. The summed E-state index contributed by atoms with van der Waals surface area (Å²) in [6.45, 7) is 7.07. The van der Waals surface area contributed by atoms with E-state index in [1.165, 1.54) is 0 Å². The van der Waals surface area contributed by atoms with Crippen LogP contribution in [0.3, 0.4) is 0 Å². The quantitative estimate of drug-likeness (QED) is 0.756. The lowest BCUT2D eigenvalue weighted by molar-refractivity contribution is -0.122. The van der Waals surface area contributed by atoms with Crippen LogP contribution >= 0.6 is 0 Å². The number of furan rings is 1. The molecule has 5 heteroatoms. The van der Waals surface area contributed by atoms with Crippen molar-refractivity contribution in [3.8, 4) is 11.5 Å². The molecular formula is C22H23NO4. The first kappa shape index (κ1) is 17.5. The third kappa shape index (κ3) is 3.50. The van der Waals surface area contributed by atoms with Gasteiger partial charge in [0.05, 0.1) is 18.2 Å². The number of aryl methyl sites for hydroxylation is 1. The number of nitrogens with one attached hydrogen (secondary N) is 1. The van der Waals surface area contributed by atoms with E-state index in [1.807, 2.05) is 57.2 Å². The number of rotatable bonds is 4. The number of hydrogen-bond donors (Lipinski definition) is 1. The molecule has 0 saturated carbocycles. The number of benzene rings is 2. The average molecular weight is 365 g/mol. The maximum Gasteiger partial charge on any atom is 0.225 e. The Morgan fingerprint density at radius 2 is 1.85 bits per heavy atom. The zero-order chi connectivity index (χ0) is 19.0. The Balaban J connectivity index is 1.51. The van der Waals surface area contributed by atoms with Gasteiger partial charge in [0.25, 0.3) is 0 Å². The lowest BCUT2D eigenvalue weighted by atomic mass is 9.93. The summed E-state index contributed by atoms with van der Waals surface area (Å²) in [5.41, 5.74) is 3.26. The van der Waals surface area contributed by atoms with Crippen molar-refractivity contribution in [3.63, 3.8) is 0 Å². The van der Waals surface area contributed by atoms with Crippen LogP contribution in [-0.4, -0.2) is 19.1 Å². The van der Waals surface area contributed by atoms with Crippen LogP contribution in [0.1, 0.15) is 30.5 Å². The minimum atomic E-state index is -0.539. The Labute approximate surface area is 158 Å². The minimum absolute atomic E-state index is 0.0573. The van der Waals surface area contributed by atoms with Crippen molar-refractivity contribution in [1.82, 2.24) is 5.32 Å². The van der Waals surface area contributed by atoms with E-state index in [0.29, 0.717) is 13.2 Å². The first-order valence-electron chi connectivity index (χ1n) is 9.10. The van der Waals surface area contributed by atoms with E-state index in [2.05, 4.69) is 5.32 Å². The molecule has 1 aliphatic rings. The van der Waals surface area contributed by atoms with Gasteiger partial charge in [-0.05, 0) is 50.1 Å². The molecule has 0 bridgehead atoms. The number of carbonyl (C=O) groups excluding carboxylic acids is 1. The van der Waals surface area contributed by atoms with Crippen molar-refractivity contribution in [3.05, 3.63) is 59.4 Å². The Hall–Kier alpha value is -2.95. The third-order valence-electron chi connectivity index (χ3n) is 4.88. The Morgan fingerprint density at radius 3 is 2.67 bits per heavy atom. The summed E-state index contributed by atoms with van der Waals surface area (Å²) < 4.78 is 16.8. The topological polar surface area (TPSA) is 60.7 Å². The first-order chi connectivity index (χ1) is 12.9. The van der Waals surface area contributed by atoms with Crippen molar-refractivity contribution in [2.45, 2.75) is 32.7 Å². The van der Waals surface area contributed by atoms with E-state index in [-0.39, 0.29) is 12.3 Å². The van der Waals surface area contributed by atoms with E-state index >= 15 is 0 Å². The fourth-order valence-corrected chi connectivity index (χ4v) is 3.40. The zero-order valence-corrected chi connectivity index (χ0v) is 15.8. The molecule has 0 fully saturated rings. The van der Waals surface area contributed by atoms with Crippen LogP contribution in [0.5, 0.6) is 11.5 Å². The van der Waals surface area contributed by atoms with Gasteiger partial charge in [0, 0.05) is 10.9 Å². The molecule has 0 spiro atoms. The molecule has 2 heterocycles. The van der Waals surface area contributed by atoms with Gasteiger partial charge in [-0.2, -0.15) is 0 Å². The highest BCUT2D eigenvalue weighted by molar-refractivity contribution is 5.88. The van der Waals surface area contributed by atoms with Crippen molar-refractivity contribution >= 4 is 16.9 Å². The van der Waals surface area contributed by atoms with Crippen LogP contribution in [0.25, 0.3) is 11.0 Å².